The SMILES string of the molecule is C=CCC(NC(=O)N(C)C(C)c1cccc(Cl)c1)C(=O)O. The predicted molar refractivity (Wildman–Crippen MR) is 82.4 cm³/mol. The molecule has 0 saturated heterocycles. The van der Waals surface area contributed by atoms with Gasteiger partial charge in [-0.1, -0.05) is 29.8 Å². The summed E-state index contributed by atoms with van der Waals surface area (Å²) < 4.78 is 0. The molecule has 0 saturated carbocycles. The van der Waals surface area contributed by atoms with E-state index < -0.39 is 18.0 Å². The largest absolute Gasteiger partial charge is 0.480 e. The summed E-state index contributed by atoms with van der Waals surface area (Å²) >= 11 is 5.93. The second-order valence-corrected chi connectivity index (χ2v) is 5.14. The first-order valence-corrected chi connectivity index (χ1v) is 6.87. The molecule has 1 rings (SSSR count). The van der Waals surface area contributed by atoms with Gasteiger partial charge in [-0.2, -0.15) is 0 Å². The molecule has 0 aliphatic carbocycles. The van der Waals surface area contributed by atoms with E-state index in [1.165, 1.54) is 11.0 Å². The third-order valence-electron chi connectivity index (χ3n) is 3.23. The normalized spacial score (nSPS) is 13.1. The maximum absolute atomic E-state index is 12.1. The number of aliphatic carboxylic acids is 1. The van der Waals surface area contributed by atoms with Gasteiger partial charge in [0.2, 0.25) is 0 Å². The van der Waals surface area contributed by atoms with Crippen molar-refractivity contribution in [3.8, 4) is 0 Å². The second kappa shape index (κ2) is 7.69. The summed E-state index contributed by atoms with van der Waals surface area (Å²) in [6.45, 7) is 5.33. The van der Waals surface area contributed by atoms with Crippen molar-refractivity contribution in [2.75, 3.05) is 7.05 Å². The van der Waals surface area contributed by atoms with Crippen molar-refractivity contribution >= 4 is 23.6 Å². The fourth-order valence-electron chi connectivity index (χ4n) is 1.80. The average Bonchev–Trinajstić information content (AvgIpc) is 2.44. The van der Waals surface area contributed by atoms with Gasteiger partial charge in [-0.05, 0) is 31.0 Å². The number of urea groups is 1. The van der Waals surface area contributed by atoms with Crippen LogP contribution in [0.2, 0.25) is 5.02 Å². The molecule has 0 bridgehead atoms. The molecule has 0 spiro atoms. The maximum atomic E-state index is 12.1. The van der Waals surface area contributed by atoms with Crippen molar-refractivity contribution in [1.29, 1.82) is 0 Å². The van der Waals surface area contributed by atoms with Crippen LogP contribution in [0.4, 0.5) is 4.79 Å². The minimum atomic E-state index is -1.09. The van der Waals surface area contributed by atoms with Gasteiger partial charge in [0.05, 0.1) is 6.04 Å². The molecule has 21 heavy (non-hydrogen) atoms. The Labute approximate surface area is 129 Å². The number of halogens is 1. The molecule has 2 unspecified atom stereocenters. The summed E-state index contributed by atoms with van der Waals surface area (Å²) in [7, 11) is 1.60. The lowest BCUT2D eigenvalue weighted by atomic mass is 10.1. The van der Waals surface area contributed by atoms with Gasteiger partial charge in [-0.25, -0.2) is 9.59 Å². The van der Waals surface area contributed by atoms with E-state index in [9.17, 15) is 9.59 Å². The Morgan fingerprint density at radius 2 is 2.19 bits per heavy atom. The van der Waals surface area contributed by atoms with Gasteiger partial charge in [-0.3, -0.25) is 0 Å². The van der Waals surface area contributed by atoms with Crippen LogP contribution >= 0.6 is 11.6 Å². The summed E-state index contributed by atoms with van der Waals surface area (Å²) in [5, 5.41) is 12.1. The van der Waals surface area contributed by atoms with Crippen LogP contribution in [0.25, 0.3) is 0 Å². The Bertz CT molecular complexity index is 533. The van der Waals surface area contributed by atoms with Crippen LogP contribution in [0.15, 0.2) is 36.9 Å². The lowest BCUT2D eigenvalue weighted by Crippen LogP contribution is -2.47. The molecular formula is C15H19ClN2O3. The van der Waals surface area contributed by atoms with E-state index in [-0.39, 0.29) is 12.5 Å². The molecule has 0 aromatic heterocycles. The molecular weight excluding hydrogens is 292 g/mol. The first-order valence-electron chi connectivity index (χ1n) is 6.49. The Kier molecular flexibility index (Phi) is 6.24. The summed E-state index contributed by atoms with van der Waals surface area (Å²) in [5.41, 5.74) is 0.871. The number of benzene rings is 1. The highest BCUT2D eigenvalue weighted by Gasteiger charge is 2.23. The van der Waals surface area contributed by atoms with Gasteiger partial charge in [0.25, 0.3) is 0 Å². The molecule has 1 aromatic carbocycles. The fraction of sp³-hybridized carbons (Fsp3) is 0.333. The zero-order valence-electron chi connectivity index (χ0n) is 12.0. The van der Waals surface area contributed by atoms with Crippen molar-refractivity contribution in [3.05, 3.63) is 47.5 Å². The van der Waals surface area contributed by atoms with Crippen LogP contribution in [-0.2, 0) is 4.79 Å². The second-order valence-electron chi connectivity index (χ2n) is 4.71. The van der Waals surface area contributed by atoms with Crippen LogP contribution in [-0.4, -0.2) is 35.1 Å². The summed E-state index contributed by atoms with van der Waals surface area (Å²) in [6, 6.07) is 5.51. The van der Waals surface area contributed by atoms with Crippen LogP contribution in [0.3, 0.4) is 0 Å². The third kappa shape index (κ3) is 4.79. The number of carboxylic acid groups (broad SMARTS) is 1. The van der Waals surface area contributed by atoms with Crippen molar-refractivity contribution in [1.82, 2.24) is 10.2 Å². The molecule has 2 N–H and O–H groups in total. The minimum absolute atomic E-state index is 0.167. The number of hydrogen-bond donors (Lipinski definition) is 2. The van der Waals surface area contributed by atoms with Gasteiger partial charge in [0.1, 0.15) is 6.04 Å². The van der Waals surface area contributed by atoms with Gasteiger partial charge in [0, 0.05) is 12.1 Å². The molecule has 1 aromatic rings. The van der Waals surface area contributed by atoms with E-state index in [1.54, 1.807) is 25.2 Å². The number of nitrogens with one attached hydrogen (secondary N) is 1. The maximum Gasteiger partial charge on any atom is 0.326 e. The number of carbonyl (C=O) groups is 2. The number of nitrogens with zero attached hydrogens (tertiary/aromatic N) is 1. The molecule has 0 fully saturated rings. The number of hydrogen-bond acceptors (Lipinski definition) is 2. The van der Waals surface area contributed by atoms with E-state index >= 15 is 0 Å². The quantitative estimate of drug-likeness (QED) is 0.793. The topological polar surface area (TPSA) is 69.6 Å². The van der Waals surface area contributed by atoms with E-state index in [0.29, 0.717) is 5.02 Å². The molecule has 0 radical (unpaired) electrons. The smallest absolute Gasteiger partial charge is 0.326 e. The van der Waals surface area contributed by atoms with Crippen molar-refractivity contribution in [3.63, 3.8) is 0 Å². The molecule has 0 heterocycles. The summed E-state index contributed by atoms with van der Waals surface area (Å²) in [5.74, 6) is -1.09. The van der Waals surface area contributed by atoms with Crippen LogP contribution in [0.1, 0.15) is 24.9 Å². The Morgan fingerprint density at radius 3 is 2.71 bits per heavy atom. The Morgan fingerprint density at radius 1 is 1.52 bits per heavy atom. The summed E-state index contributed by atoms with van der Waals surface area (Å²) in [4.78, 5) is 24.6. The van der Waals surface area contributed by atoms with Crippen LogP contribution < -0.4 is 5.32 Å². The first kappa shape index (κ1) is 17.0. The number of carboxylic acids is 1. The molecule has 6 heteroatoms. The van der Waals surface area contributed by atoms with Crippen molar-refractivity contribution < 1.29 is 14.7 Å². The van der Waals surface area contributed by atoms with Crippen LogP contribution in [0, 0.1) is 0 Å². The van der Waals surface area contributed by atoms with Crippen molar-refractivity contribution in [2.45, 2.75) is 25.4 Å². The van der Waals surface area contributed by atoms with E-state index in [1.807, 2.05) is 13.0 Å². The zero-order valence-corrected chi connectivity index (χ0v) is 12.8. The predicted octanol–water partition coefficient (Wildman–Crippen LogP) is 3.07. The van der Waals surface area contributed by atoms with Crippen molar-refractivity contribution in [2.24, 2.45) is 0 Å². The highest BCUT2D eigenvalue weighted by molar-refractivity contribution is 6.30. The number of carbonyl (C=O) groups excluding carboxylic acids is 1. The van der Waals surface area contributed by atoms with Crippen LogP contribution in [0.5, 0.6) is 0 Å². The minimum Gasteiger partial charge on any atom is -0.480 e. The van der Waals surface area contributed by atoms with Gasteiger partial charge in [-0.15, -0.1) is 6.58 Å². The van der Waals surface area contributed by atoms with E-state index in [2.05, 4.69) is 11.9 Å². The number of rotatable bonds is 6. The molecule has 2 amide bonds. The fourth-order valence-corrected chi connectivity index (χ4v) is 2.00. The van der Waals surface area contributed by atoms with E-state index in [0.717, 1.165) is 5.56 Å². The van der Waals surface area contributed by atoms with E-state index in [4.69, 9.17) is 16.7 Å². The van der Waals surface area contributed by atoms with Gasteiger partial charge < -0.3 is 15.3 Å². The lowest BCUT2D eigenvalue weighted by molar-refractivity contribution is -0.139. The average molecular weight is 311 g/mol. The third-order valence-corrected chi connectivity index (χ3v) is 3.47. The zero-order chi connectivity index (χ0) is 16.0. The Hall–Kier alpha value is -2.01. The molecule has 0 aliphatic rings. The van der Waals surface area contributed by atoms with Gasteiger partial charge in [0.15, 0.2) is 0 Å². The molecule has 5 nitrogen and oxygen atoms in total. The van der Waals surface area contributed by atoms with Gasteiger partial charge >= 0.3 is 12.0 Å². The molecule has 114 valence electrons. The highest BCUT2D eigenvalue weighted by atomic mass is 35.5. The summed E-state index contributed by atoms with van der Waals surface area (Å²) in [6.07, 6.45) is 1.62. The molecule has 2 atom stereocenters. The standard InChI is InChI=1S/C15H19ClN2O3/c1-4-6-13(14(19)20)17-15(21)18(3)10(2)11-7-5-8-12(16)9-11/h4-5,7-10,13H,1,6H2,2-3H3,(H,17,21)(H,19,20). The Balaban J connectivity index is 2.77. The molecule has 0 aliphatic heterocycles. The monoisotopic (exact) mass is 310 g/mol. The number of amides is 2. The lowest BCUT2D eigenvalue weighted by Gasteiger charge is -2.27. The first-order chi connectivity index (χ1) is 9.86. The highest BCUT2D eigenvalue weighted by Crippen LogP contribution is 2.21.